The van der Waals surface area contributed by atoms with Crippen LogP contribution in [-0.4, -0.2) is 46.8 Å². The average Bonchev–Trinajstić information content (AvgIpc) is 3.10. The quantitative estimate of drug-likeness (QED) is 0.921. The van der Waals surface area contributed by atoms with E-state index in [4.69, 9.17) is 0 Å². The van der Waals surface area contributed by atoms with E-state index < -0.39 is 0 Å². The fourth-order valence-corrected chi connectivity index (χ4v) is 3.01. The molecule has 6 heteroatoms. The van der Waals surface area contributed by atoms with E-state index in [0.29, 0.717) is 5.92 Å². The van der Waals surface area contributed by atoms with Gasteiger partial charge in [-0.2, -0.15) is 5.10 Å². The van der Waals surface area contributed by atoms with Crippen LogP contribution in [-0.2, 0) is 6.54 Å². The van der Waals surface area contributed by atoms with E-state index in [1.54, 1.807) is 6.20 Å². The molecule has 0 bridgehead atoms. The Morgan fingerprint density at radius 3 is 2.70 bits per heavy atom. The first-order chi connectivity index (χ1) is 9.33. The lowest BCUT2D eigenvalue weighted by atomic mass is 9.98. The monoisotopic (exact) mass is 298 g/mol. The standard InChI is InChI=1S/C14H22N4O.ClH/c19-14(17-7-1-2-8-17)13-9-16-18(11-13)10-12-3-5-15-6-4-12;/h9,11-12,15H,1-8,10H2;1H. The normalized spacial score (nSPS) is 19.9. The first kappa shape index (κ1) is 15.3. The lowest BCUT2D eigenvalue weighted by Crippen LogP contribution is -2.30. The fraction of sp³-hybridized carbons (Fsp3) is 0.714. The van der Waals surface area contributed by atoms with Crippen LogP contribution in [0.3, 0.4) is 0 Å². The van der Waals surface area contributed by atoms with Crippen LogP contribution in [0, 0.1) is 5.92 Å². The topological polar surface area (TPSA) is 50.2 Å². The zero-order valence-electron chi connectivity index (χ0n) is 11.8. The molecule has 112 valence electrons. The van der Waals surface area contributed by atoms with Crippen LogP contribution in [0.2, 0.25) is 0 Å². The van der Waals surface area contributed by atoms with Crippen LogP contribution in [0.5, 0.6) is 0 Å². The minimum Gasteiger partial charge on any atom is -0.339 e. The van der Waals surface area contributed by atoms with Crippen molar-refractivity contribution in [1.82, 2.24) is 20.0 Å². The van der Waals surface area contributed by atoms with Crippen molar-refractivity contribution in [3.05, 3.63) is 18.0 Å². The largest absolute Gasteiger partial charge is 0.339 e. The highest BCUT2D eigenvalue weighted by atomic mass is 35.5. The molecule has 0 unspecified atom stereocenters. The summed E-state index contributed by atoms with van der Waals surface area (Å²) in [6.07, 6.45) is 8.32. The fourth-order valence-electron chi connectivity index (χ4n) is 3.01. The Labute approximate surface area is 126 Å². The molecule has 0 radical (unpaired) electrons. The Morgan fingerprint density at radius 1 is 1.30 bits per heavy atom. The van der Waals surface area contributed by atoms with Gasteiger partial charge in [0.1, 0.15) is 0 Å². The molecule has 1 aromatic heterocycles. The van der Waals surface area contributed by atoms with Crippen LogP contribution < -0.4 is 5.32 Å². The van der Waals surface area contributed by atoms with Gasteiger partial charge in [-0.25, -0.2) is 0 Å². The van der Waals surface area contributed by atoms with Gasteiger partial charge in [0.15, 0.2) is 0 Å². The third-order valence-corrected chi connectivity index (χ3v) is 4.18. The molecular formula is C14H23ClN4O. The molecule has 1 amide bonds. The highest BCUT2D eigenvalue weighted by molar-refractivity contribution is 5.93. The van der Waals surface area contributed by atoms with Crippen molar-refractivity contribution >= 4 is 18.3 Å². The number of aromatic nitrogens is 2. The van der Waals surface area contributed by atoms with E-state index in [-0.39, 0.29) is 18.3 Å². The summed E-state index contributed by atoms with van der Waals surface area (Å²) < 4.78 is 1.94. The van der Waals surface area contributed by atoms with Crippen molar-refractivity contribution in [2.45, 2.75) is 32.2 Å². The van der Waals surface area contributed by atoms with Gasteiger partial charge in [-0.05, 0) is 44.7 Å². The van der Waals surface area contributed by atoms with Gasteiger partial charge in [0.05, 0.1) is 11.8 Å². The van der Waals surface area contributed by atoms with Crippen molar-refractivity contribution in [3.8, 4) is 0 Å². The Morgan fingerprint density at radius 2 is 2.00 bits per heavy atom. The van der Waals surface area contributed by atoms with Crippen LogP contribution in [0.25, 0.3) is 0 Å². The van der Waals surface area contributed by atoms with Crippen LogP contribution in [0.15, 0.2) is 12.4 Å². The van der Waals surface area contributed by atoms with Crippen molar-refractivity contribution in [2.24, 2.45) is 5.92 Å². The van der Waals surface area contributed by atoms with E-state index in [2.05, 4.69) is 10.4 Å². The molecular weight excluding hydrogens is 276 g/mol. The molecule has 2 aliphatic heterocycles. The summed E-state index contributed by atoms with van der Waals surface area (Å²) in [5, 5.41) is 7.72. The number of nitrogens with zero attached hydrogens (tertiary/aromatic N) is 3. The molecule has 3 heterocycles. The number of halogens is 1. The molecule has 0 aromatic carbocycles. The summed E-state index contributed by atoms with van der Waals surface area (Å²) in [6, 6.07) is 0. The van der Waals surface area contributed by atoms with Gasteiger partial charge in [-0.1, -0.05) is 0 Å². The zero-order valence-corrected chi connectivity index (χ0v) is 12.6. The molecule has 0 saturated carbocycles. The van der Waals surface area contributed by atoms with Gasteiger partial charge in [0.25, 0.3) is 5.91 Å². The van der Waals surface area contributed by atoms with Crippen molar-refractivity contribution in [1.29, 1.82) is 0 Å². The molecule has 3 rings (SSSR count). The smallest absolute Gasteiger partial charge is 0.257 e. The first-order valence-electron chi connectivity index (χ1n) is 7.35. The van der Waals surface area contributed by atoms with E-state index in [9.17, 15) is 4.79 Å². The second kappa shape index (κ2) is 7.09. The predicted molar refractivity (Wildman–Crippen MR) is 80.2 cm³/mol. The second-order valence-electron chi connectivity index (χ2n) is 5.64. The van der Waals surface area contributed by atoms with Crippen LogP contribution in [0.4, 0.5) is 0 Å². The maximum atomic E-state index is 12.2. The molecule has 5 nitrogen and oxygen atoms in total. The minimum absolute atomic E-state index is 0. The van der Waals surface area contributed by atoms with E-state index in [0.717, 1.165) is 51.1 Å². The van der Waals surface area contributed by atoms with Crippen molar-refractivity contribution < 1.29 is 4.79 Å². The maximum absolute atomic E-state index is 12.2. The lowest BCUT2D eigenvalue weighted by molar-refractivity contribution is 0.0792. The van der Waals surface area contributed by atoms with Gasteiger partial charge in [0.2, 0.25) is 0 Å². The summed E-state index contributed by atoms with van der Waals surface area (Å²) in [4.78, 5) is 14.2. The molecule has 2 fully saturated rings. The van der Waals surface area contributed by atoms with Gasteiger partial charge in [-0.3, -0.25) is 9.48 Å². The number of amides is 1. The summed E-state index contributed by atoms with van der Waals surface area (Å²) in [5.74, 6) is 0.838. The third kappa shape index (κ3) is 3.52. The number of carbonyl (C=O) groups excluding carboxylic acids is 1. The predicted octanol–water partition coefficient (Wildman–Crippen LogP) is 1.54. The SMILES string of the molecule is Cl.O=C(c1cnn(CC2CCNCC2)c1)N1CCCC1. The number of nitrogens with one attached hydrogen (secondary N) is 1. The van der Waals surface area contributed by atoms with Gasteiger partial charge < -0.3 is 10.2 Å². The Hall–Kier alpha value is -1.07. The number of hydrogen-bond donors (Lipinski definition) is 1. The molecule has 20 heavy (non-hydrogen) atoms. The summed E-state index contributed by atoms with van der Waals surface area (Å²) in [7, 11) is 0. The number of piperidine rings is 1. The molecule has 2 saturated heterocycles. The first-order valence-corrected chi connectivity index (χ1v) is 7.35. The average molecular weight is 299 g/mol. The Bertz CT molecular complexity index is 436. The zero-order chi connectivity index (χ0) is 13.1. The van der Waals surface area contributed by atoms with Crippen molar-refractivity contribution in [3.63, 3.8) is 0 Å². The van der Waals surface area contributed by atoms with E-state index in [1.807, 2.05) is 15.8 Å². The van der Waals surface area contributed by atoms with E-state index in [1.165, 1.54) is 12.8 Å². The number of hydrogen-bond acceptors (Lipinski definition) is 3. The summed E-state index contributed by atoms with van der Waals surface area (Å²) >= 11 is 0. The maximum Gasteiger partial charge on any atom is 0.257 e. The second-order valence-corrected chi connectivity index (χ2v) is 5.64. The molecule has 1 aromatic rings. The summed E-state index contributed by atoms with van der Waals surface area (Å²) in [6.45, 7) is 4.95. The van der Waals surface area contributed by atoms with E-state index >= 15 is 0 Å². The van der Waals surface area contributed by atoms with Crippen LogP contribution >= 0.6 is 12.4 Å². The Balaban J connectivity index is 0.00000147. The lowest BCUT2D eigenvalue weighted by Gasteiger charge is -2.22. The van der Waals surface area contributed by atoms with Crippen molar-refractivity contribution in [2.75, 3.05) is 26.2 Å². The highest BCUT2D eigenvalue weighted by Gasteiger charge is 2.21. The minimum atomic E-state index is 0. The van der Waals surface area contributed by atoms with Gasteiger partial charge in [-0.15, -0.1) is 12.4 Å². The third-order valence-electron chi connectivity index (χ3n) is 4.18. The number of rotatable bonds is 3. The molecule has 0 spiro atoms. The van der Waals surface area contributed by atoms with Gasteiger partial charge >= 0.3 is 0 Å². The number of carbonyl (C=O) groups is 1. The molecule has 1 N–H and O–H groups in total. The molecule has 0 aliphatic carbocycles. The summed E-state index contributed by atoms with van der Waals surface area (Å²) in [5.41, 5.74) is 0.746. The molecule has 2 aliphatic rings. The Kier molecular flexibility index (Phi) is 5.43. The van der Waals surface area contributed by atoms with Crippen LogP contribution in [0.1, 0.15) is 36.0 Å². The van der Waals surface area contributed by atoms with Gasteiger partial charge in [0, 0.05) is 25.8 Å². The molecule has 0 atom stereocenters. The number of likely N-dealkylation sites (tertiary alicyclic amines) is 1. The highest BCUT2D eigenvalue weighted by Crippen LogP contribution is 2.16.